The summed E-state index contributed by atoms with van der Waals surface area (Å²) in [6.45, 7) is 8.44. The fraction of sp³-hybridized carbons (Fsp3) is 0.474. The zero-order valence-electron chi connectivity index (χ0n) is 15.0. The first-order valence-corrected chi connectivity index (χ1v) is 8.57. The molecule has 2 aromatic rings. The van der Waals surface area contributed by atoms with E-state index in [1.807, 2.05) is 25.1 Å². The smallest absolute Gasteiger partial charge is 0.142 e. The number of piperidine rings is 1. The molecule has 1 fully saturated rings. The summed E-state index contributed by atoms with van der Waals surface area (Å²) < 4.78 is 5.44. The number of hydrogen-bond acceptors (Lipinski definition) is 5. The molecule has 1 aromatic carbocycles. The summed E-state index contributed by atoms with van der Waals surface area (Å²) >= 11 is 0. The Balaban J connectivity index is 1.85. The molecule has 24 heavy (non-hydrogen) atoms. The maximum atomic E-state index is 5.44. The first kappa shape index (κ1) is 16.6. The third-order valence-electron chi connectivity index (χ3n) is 4.55. The Hall–Kier alpha value is -2.30. The summed E-state index contributed by atoms with van der Waals surface area (Å²) in [7, 11) is 1.68. The lowest BCUT2D eigenvalue weighted by molar-refractivity contribution is 0.416. The summed E-state index contributed by atoms with van der Waals surface area (Å²) in [5.41, 5.74) is 2.10. The van der Waals surface area contributed by atoms with Crippen LogP contribution in [0.3, 0.4) is 0 Å². The Morgan fingerprint density at radius 3 is 2.58 bits per heavy atom. The molecule has 0 spiro atoms. The van der Waals surface area contributed by atoms with Gasteiger partial charge in [0, 0.05) is 19.2 Å². The second-order valence-corrected chi connectivity index (χ2v) is 6.66. The van der Waals surface area contributed by atoms with Crippen LogP contribution in [0.15, 0.2) is 24.3 Å². The molecular weight excluding hydrogens is 300 g/mol. The zero-order valence-corrected chi connectivity index (χ0v) is 15.0. The summed E-state index contributed by atoms with van der Waals surface area (Å²) in [6, 6.07) is 8.11. The second kappa shape index (κ2) is 7.07. The highest BCUT2D eigenvalue weighted by atomic mass is 16.5. The molecule has 5 heteroatoms. The van der Waals surface area contributed by atoms with Gasteiger partial charge in [-0.3, -0.25) is 0 Å². The van der Waals surface area contributed by atoms with Gasteiger partial charge in [0.1, 0.15) is 23.2 Å². The number of anilines is 3. The number of nitrogens with zero attached hydrogens (tertiary/aromatic N) is 3. The normalized spacial score (nSPS) is 15.4. The van der Waals surface area contributed by atoms with Crippen LogP contribution in [0.5, 0.6) is 5.75 Å². The maximum absolute atomic E-state index is 5.44. The average molecular weight is 326 g/mol. The average Bonchev–Trinajstić information content (AvgIpc) is 2.55. The quantitative estimate of drug-likeness (QED) is 0.917. The number of benzene rings is 1. The second-order valence-electron chi connectivity index (χ2n) is 6.66. The minimum absolute atomic E-state index is 0.778. The van der Waals surface area contributed by atoms with E-state index in [4.69, 9.17) is 4.74 Å². The molecule has 1 N–H and O–H groups in total. The summed E-state index contributed by atoms with van der Waals surface area (Å²) in [5, 5.41) is 3.39. The van der Waals surface area contributed by atoms with Crippen LogP contribution in [0.2, 0.25) is 0 Å². The number of hydrogen-bond donors (Lipinski definition) is 1. The van der Waals surface area contributed by atoms with E-state index in [2.05, 4.69) is 40.1 Å². The standard InChI is InChI=1S/C19H26N4O/c1-13-7-9-23(10-8-13)19-12-18(20-15(3)21-19)22-16-11-14(2)5-6-17(16)24-4/h5-6,11-13H,7-10H2,1-4H3,(H,20,21,22). The van der Waals surface area contributed by atoms with Gasteiger partial charge in [-0.15, -0.1) is 0 Å². The predicted molar refractivity (Wildman–Crippen MR) is 98.4 cm³/mol. The Bertz CT molecular complexity index is 709. The number of aryl methyl sites for hydroxylation is 2. The Morgan fingerprint density at radius 2 is 1.88 bits per heavy atom. The molecule has 0 aliphatic carbocycles. The van der Waals surface area contributed by atoms with Crippen LogP contribution in [-0.2, 0) is 0 Å². The lowest BCUT2D eigenvalue weighted by atomic mass is 9.99. The van der Waals surface area contributed by atoms with E-state index < -0.39 is 0 Å². The van der Waals surface area contributed by atoms with Gasteiger partial charge in [-0.1, -0.05) is 13.0 Å². The minimum atomic E-state index is 0.778. The molecule has 0 saturated carbocycles. The monoisotopic (exact) mass is 326 g/mol. The maximum Gasteiger partial charge on any atom is 0.142 e. The SMILES string of the molecule is COc1ccc(C)cc1Nc1cc(N2CCC(C)CC2)nc(C)n1. The fourth-order valence-corrected chi connectivity index (χ4v) is 3.07. The van der Waals surface area contributed by atoms with Gasteiger partial charge in [0.05, 0.1) is 12.8 Å². The van der Waals surface area contributed by atoms with Gasteiger partial charge < -0.3 is 15.0 Å². The first-order chi connectivity index (χ1) is 11.5. The van der Waals surface area contributed by atoms with E-state index in [1.165, 1.54) is 18.4 Å². The molecule has 0 amide bonds. The minimum Gasteiger partial charge on any atom is -0.495 e. The van der Waals surface area contributed by atoms with Gasteiger partial charge in [-0.2, -0.15) is 0 Å². The number of ether oxygens (including phenoxy) is 1. The van der Waals surface area contributed by atoms with Crippen LogP contribution in [-0.4, -0.2) is 30.2 Å². The van der Waals surface area contributed by atoms with E-state index in [0.29, 0.717) is 0 Å². The van der Waals surface area contributed by atoms with Crippen molar-refractivity contribution < 1.29 is 4.74 Å². The van der Waals surface area contributed by atoms with Crippen LogP contribution >= 0.6 is 0 Å². The van der Waals surface area contributed by atoms with Gasteiger partial charge in [0.25, 0.3) is 0 Å². The fourth-order valence-electron chi connectivity index (χ4n) is 3.07. The summed E-state index contributed by atoms with van der Waals surface area (Å²) in [4.78, 5) is 11.5. The van der Waals surface area contributed by atoms with Crippen LogP contribution < -0.4 is 15.0 Å². The lowest BCUT2D eigenvalue weighted by Crippen LogP contribution is -2.33. The first-order valence-electron chi connectivity index (χ1n) is 8.57. The van der Waals surface area contributed by atoms with Crippen molar-refractivity contribution in [1.82, 2.24) is 9.97 Å². The van der Waals surface area contributed by atoms with Crippen molar-refractivity contribution in [2.75, 3.05) is 30.4 Å². The van der Waals surface area contributed by atoms with Gasteiger partial charge in [-0.25, -0.2) is 9.97 Å². The van der Waals surface area contributed by atoms with Crippen molar-refractivity contribution in [2.24, 2.45) is 5.92 Å². The zero-order chi connectivity index (χ0) is 17.1. The number of rotatable bonds is 4. The molecule has 0 atom stereocenters. The van der Waals surface area contributed by atoms with Crippen LogP contribution in [0, 0.1) is 19.8 Å². The Labute approximate surface area is 144 Å². The molecule has 3 rings (SSSR count). The van der Waals surface area contributed by atoms with Gasteiger partial charge in [0.15, 0.2) is 0 Å². The van der Waals surface area contributed by atoms with Gasteiger partial charge in [0.2, 0.25) is 0 Å². The Morgan fingerprint density at radius 1 is 1.12 bits per heavy atom. The van der Waals surface area contributed by atoms with E-state index in [1.54, 1.807) is 7.11 Å². The van der Waals surface area contributed by atoms with Crippen LogP contribution in [0.1, 0.15) is 31.2 Å². The lowest BCUT2D eigenvalue weighted by Gasteiger charge is -2.31. The molecule has 5 nitrogen and oxygen atoms in total. The molecular formula is C19H26N4O. The third kappa shape index (κ3) is 3.78. The highest BCUT2D eigenvalue weighted by Gasteiger charge is 2.18. The van der Waals surface area contributed by atoms with Crippen molar-refractivity contribution in [3.8, 4) is 5.75 Å². The number of methoxy groups -OCH3 is 1. The van der Waals surface area contributed by atoms with Crippen LogP contribution in [0.4, 0.5) is 17.3 Å². The van der Waals surface area contributed by atoms with E-state index in [-0.39, 0.29) is 0 Å². The largest absolute Gasteiger partial charge is 0.495 e. The van der Waals surface area contributed by atoms with Gasteiger partial charge >= 0.3 is 0 Å². The van der Waals surface area contributed by atoms with Crippen molar-refractivity contribution in [2.45, 2.75) is 33.6 Å². The molecule has 1 aliphatic rings. The van der Waals surface area contributed by atoms with Crippen molar-refractivity contribution in [3.05, 3.63) is 35.7 Å². The number of nitrogens with one attached hydrogen (secondary N) is 1. The van der Waals surface area contributed by atoms with Crippen LogP contribution in [0.25, 0.3) is 0 Å². The molecule has 0 radical (unpaired) electrons. The predicted octanol–water partition coefficient (Wildman–Crippen LogP) is 4.08. The number of aromatic nitrogens is 2. The van der Waals surface area contributed by atoms with Crippen molar-refractivity contribution in [3.63, 3.8) is 0 Å². The summed E-state index contributed by atoms with van der Waals surface area (Å²) in [6.07, 6.45) is 2.44. The topological polar surface area (TPSA) is 50.3 Å². The summed E-state index contributed by atoms with van der Waals surface area (Å²) in [5.74, 6) is 4.20. The molecule has 0 bridgehead atoms. The molecule has 1 aliphatic heterocycles. The molecule has 0 unspecified atom stereocenters. The van der Waals surface area contributed by atoms with Crippen molar-refractivity contribution in [1.29, 1.82) is 0 Å². The van der Waals surface area contributed by atoms with Gasteiger partial charge in [-0.05, 0) is 50.3 Å². The molecule has 128 valence electrons. The molecule has 1 aromatic heterocycles. The molecule has 2 heterocycles. The van der Waals surface area contributed by atoms with Crippen molar-refractivity contribution >= 4 is 17.3 Å². The highest BCUT2D eigenvalue weighted by molar-refractivity contribution is 5.66. The van der Waals surface area contributed by atoms with E-state index >= 15 is 0 Å². The highest BCUT2D eigenvalue weighted by Crippen LogP contribution is 2.29. The Kier molecular flexibility index (Phi) is 4.88. The van der Waals surface area contributed by atoms with E-state index in [9.17, 15) is 0 Å². The molecule has 1 saturated heterocycles. The van der Waals surface area contributed by atoms with E-state index in [0.717, 1.165) is 47.9 Å². The third-order valence-corrected chi connectivity index (χ3v) is 4.55.